The van der Waals surface area contributed by atoms with Crippen molar-refractivity contribution in [2.45, 2.75) is 17.3 Å². The number of benzene rings is 2. The number of rotatable bonds is 6. The van der Waals surface area contributed by atoms with Gasteiger partial charge in [0.2, 0.25) is 11.1 Å². The summed E-state index contributed by atoms with van der Waals surface area (Å²) in [5, 5.41) is 9.75. The Morgan fingerprint density at radius 1 is 1.30 bits per heavy atom. The zero-order valence-electron chi connectivity index (χ0n) is 14.5. The van der Waals surface area contributed by atoms with E-state index in [0.717, 1.165) is 17.4 Å². The van der Waals surface area contributed by atoms with Crippen LogP contribution in [-0.2, 0) is 4.79 Å². The van der Waals surface area contributed by atoms with Crippen LogP contribution in [0, 0.1) is 5.82 Å². The minimum Gasteiger partial charge on any atom is -0.497 e. The van der Waals surface area contributed by atoms with Crippen molar-refractivity contribution in [2.75, 3.05) is 12.4 Å². The predicted octanol–water partition coefficient (Wildman–Crippen LogP) is 4.39. The molecular weight excluding hydrogens is 391 g/mol. The van der Waals surface area contributed by atoms with Gasteiger partial charge >= 0.3 is 0 Å². The van der Waals surface area contributed by atoms with E-state index in [1.165, 1.54) is 23.9 Å². The third-order valence-corrected chi connectivity index (χ3v) is 4.94. The van der Waals surface area contributed by atoms with Gasteiger partial charge < -0.3 is 10.1 Å². The average Bonchev–Trinajstić information content (AvgIpc) is 3.12. The van der Waals surface area contributed by atoms with Crippen LogP contribution >= 0.6 is 23.4 Å². The van der Waals surface area contributed by atoms with Crippen molar-refractivity contribution in [1.82, 2.24) is 15.2 Å². The number of aromatic nitrogens is 3. The van der Waals surface area contributed by atoms with E-state index in [0.29, 0.717) is 16.7 Å². The van der Waals surface area contributed by atoms with Gasteiger partial charge in [0.15, 0.2) is 5.82 Å². The van der Waals surface area contributed by atoms with Crippen molar-refractivity contribution >= 4 is 35.0 Å². The molecule has 1 aromatic heterocycles. The highest BCUT2D eigenvalue weighted by Gasteiger charge is 2.18. The van der Waals surface area contributed by atoms with Crippen LogP contribution in [0.25, 0.3) is 11.4 Å². The Hall–Kier alpha value is -2.58. The highest BCUT2D eigenvalue weighted by atomic mass is 35.5. The van der Waals surface area contributed by atoms with E-state index in [4.69, 9.17) is 16.3 Å². The third-order valence-electron chi connectivity index (χ3n) is 3.67. The Morgan fingerprint density at radius 3 is 2.70 bits per heavy atom. The molecule has 0 aliphatic carbocycles. The van der Waals surface area contributed by atoms with Crippen LogP contribution in [0.1, 0.15) is 6.92 Å². The molecule has 9 heteroatoms. The molecule has 0 bridgehead atoms. The summed E-state index contributed by atoms with van der Waals surface area (Å²) >= 11 is 7.13. The first-order valence-electron chi connectivity index (χ1n) is 7.95. The minimum atomic E-state index is -0.481. The lowest BCUT2D eigenvalue weighted by Crippen LogP contribution is -2.22. The van der Waals surface area contributed by atoms with Crippen molar-refractivity contribution in [2.24, 2.45) is 0 Å². The molecule has 140 valence electrons. The average molecular weight is 407 g/mol. The number of carbonyl (C=O) groups excluding carboxylic acids is 1. The van der Waals surface area contributed by atoms with E-state index in [1.54, 1.807) is 14.0 Å². The van der Waals surface area contributed by atoms with Gasteiger partial charge in [-0.05, 0) is 49.4 Å². The van der Waals surface area contributed by atoms with Gasteiger partial charge in [0.1, 0.15) is 11.6 Å². The molecule has 1 amide bonds. The van der Waals surface area contributed by atoms with Crippen molar-refractivity contribution in [3.05, 3.63) is 53.3 Å². The summed E-state index contributed by atoms with van der Waals surface area (Å²) in [6.07, 6.45) is 0. The van der Waals surface area contributed by atoms with Gasteiger partial charge in [0.25, 0.3) is 0 Å². The van der Waals surface area contributed by atoms with E-state index in [9.17, 15) is 9.18 Å². The highest BCUT2D eigenvalue weighted by Crippen LogP contribution is 2.26. The molecule has 0 radical (unpaired) electrons. The molecule has 2 N–H and O–H groups in total. The number of thioether (sulfide) groups is 1. The number of nitrogens with zero attached hydrogens (tertiary/aromatic N) is 2. The molecule has 0 saturated heterocycles. The number of hydrogen-bond donors (Lipinski definition) is 2. The maximum absolute atomic E-state index is 13.1. The number of carbonyl (C=O) groups is 1. The van der Waals surface area contributed by atoms with Crippen molar-refractivity contribution < 1.29 is 13.9 Å². The number of anilines is 1. The molecule has 0 spiro atoms. The molecule has 0 aliphatic heterocycles. The summed E-state index contributed by atoms with van der Waals surface area (Å²) in [6.45, 7) is 1.72. The van der Waals surface area contributed by atoms with Crippen LogP contribution in [0.3, 0.4) is 0 Å². The van der Waals surface area contributed by atoms with Crippen LogP contribution in [0.15, 0.2) is 47.6 Å². The number of halogens is 2. The van der Waals surface area contributed by atoms with E-state index in [-0.39, 0.29) is 10.9 Å². The highest BCUT2D eigenvalue weighted by molar-refractivity contribution is 8.00. The summed E-state index contributed by atoms with van der Waals surface area (Å²) in [7, 11) is 1.60. The fourth-order valence-corrected chi connectivity index (χ4v) is 3.15. The van der Waals surface area contributed by atoms with Gasteiger partial charge in [-0.2, -0.15) is 0 Å². The van der Waals surface area contributed by atoms with E-state index >= 15 is 0 Å². The number of aromatic amines is 1. The number of amides is 1. The van der Waals surface area contributed by atoms with Gasteiger partial charge in [0, 0.05) is 5.56 Å². The standard InChI is InChI=1S/C18H16ClFN4O2S/c1-10(17(25)21-15-8-5-12(20)9-14(15)19)27-18-22-16(23-24-18)11-3-6-13(26-2)7-4-11/h3-10H,1-2H3,(H,21,25)(H,22,23,24)/t10-/m0/s1. The van der Waals surface area contributed by atoms with Crippen LogP contribution in [0.2, 0.25) is 5.02 Å². The van der Waals surface area contributed by atoms with Gasteiger partial charge in [-0.25, -0.2) is 9.37 Å². The molecule has 0 unspecified atom stereocenters. The van der Waals surface area contributed by atoms with Crippen molar-refractivity contribution in [3.8, 4) is 17.1 Å². The van der Waals surface area contributed by atoms with Gasteiger partial charge in [-0.1, -0.05) is 23.4 Å². The molecule has 1 heterocycles. The first-order valence-corrected chi connectivity index (χ1v) is 9.21. The molecule has 1 atom stereocenters. The summed E-state index contributed by atoms with van der Waals surface area (Å²) in [5.74, 6) is 0.587. The smallest absolute Gasteiger partial charge is 0.237 e. The zero-order valence-corrected chi connectivity index (χ0v) is 16.1. The fourth-order valence-electron chi connectivity index (χ4n) is 2.21. The van der Waals surface area contributed by atoms with Crippen molar-refractivity contribution in [1.29, 1.82) is 0 Å². The fraction of sp³-hybridized carbons (Fsp3) is 0.167. The Bertz CT molecular complexity index is 949. The monoisotopic (exact) mass is 406 g/mol. The Morgan fingerprint density at radius 2 is 2.04 bits per heavy atom. The molecule has 3 rings (SSSR count). The van der Waals surface area contributed by atoms with Gasteiger partial charge in [-0.3, -0.25) is 9.89 Å². The lowest BCUT2D eigenvalue weighted by atomic mass is 10.2. The lowest BCUT2D eigenvalue weighted by Gasteiger charge is -2.11. The van der Waals surface area contributed by atoms with Crippen molar-refractivity contribution in [3.63, 3.8) is 0 Å². The first-order chi connectivity index (χ1) is 13.0. The number of ether oxygens (including phenoxy) is 1. The maximum Gasteiger partial charge on any atom is 0.237 e. The normalized spacial score (nSPS) is 11.9. The van der Waals surface area contributed by atoms with E-state index < -0.39 is 11.1 Å². The van der Waals surface area contributed by atoms with E-state index in [1.807, 2.05) is 24.3 Å². The largest absolute Gasteiger partial charge is 0.497 e. The molecule has 0 aliphatic rings. The Balaban J connectivity index is 1.64. The number of nitrogens with one attached hydrogen (secondary N) is 2. The second-order valence-corrected chi connectivity index (χ2v) is 7.28. The predicted molar refractivity (Wildman–Crippen MR) is 104 cm³/mol. The molecule has 0 fully saturated rings. The topological polar surface area (TPSA) is 79.9 Å². The van der Waals surface area contributed by atoms with Crippen LogP contribution in [0.5, 0.6) is 5.75 Å². The van der Waals surface area contributed by atoms with E-state index in [2.05, 4.69) is 20.5 Å². The minimum absolute atomic E-state index is 0.139. The second kappa shape index (κ2) is 8.41. The van der Waals surface area contributed by atoms with Crippen LogP contribution in [0.4, 0.5) is 10.1 Å². The zero-order chi connectivity index (χ0) is 19.4. The van der Waals surface area contributed by atoms with Crippen LogP contribution in [-0.4, -0.2) is 33.4 Å². The van der Waals surface area contributed by atoms with Crippen LogP contribution < -0.4 is 10.1 Å². The summed E-state index contributed by atoms with van der Waals surface area (Å²) < 4.78 is 18.2. The molecule has 6 nitrogen and oxygen atoms in total. The third kappa shape index (κ3) is 4.78. The molecule has 27 heavy (non-hydrogen) atoms. The maximum atomic E-state index is 13.1. The lowest BCUT2D eigenvalue weighted by molar-refractivity contribution is -0.115. The first kappa shape index (κ1) is 19.2. The molecule has 0 saturated carbocycles. The number of methoxy groups -OCH3 is 1. The van der Waals surface area contributed by atoms with Gasteiger partial charge in [-0.15, -0.1) is 5.10 Å². The SMILES string of the molecule is COc1ccc(-c2nc(S[C@@H](C)C(=O)Nc3ccc(F)cc3Cl)n[nH]2)cc1. The quantitative estimate of drug-likeness (QED) is 0.593. The number of H-pyrrole nitrogens is 1. The van der Waals surface area contributed by atoms with Gasteiger partial charge in [0.05, 0.1) is 23.1 Å². The summed E-state index contributed by atoms with van der Waals surface area (Å²) in [6, 6.07) is 11.2. The Kier molecular flexibility index (Phi) is 5.98. The Labute approximate surface area is 164 Å². The molecular formula is C18H16ClFN4O2S. The summed E-state index contributed by atoms with van der Waals surface area (Å²) in [4.78, 5) is 16.7. The molecule has 2 aromatic carbocycles. The summed E-state index contributed by atoms with van der Waals surface area (Å²) in [5.41, 5.74) is 1.20. The number of hydrogen-bond acceptors (Lipinski definition) is 5. The second-order valence-electron chi connectivity index (χ2n) is 5.57. The molecule has 3 aromatic rings.